The molecule has 158 valence electrons. The lowest BCUT2D eigenvalue weighted by Gasteiger charge is -2.20. The highest BCUT2D eigenvalue weighted by Gasteiger charge is 2.21. The van der Waals surface area contributed by atoms with Gasteiger partial charge < -0.3 is 19.7 Å². The summed E-state index contributed by atoms with van der Waals surface area (Å²) in [5, 5.41) is 12.2. The Hall–Kier alpha value is -3.09. The molecule has 30 heavy (non-hydrogen) atoms. The first-order chi connectivity index (χ1) is 14.5. The highest BCUT2D eigenvalue weighted by Crippen LogP contribution is 2.35. The second-order valence-corrected chi connectivity index (χ2v) is 7.87. The van der Waals surface area contributed by atoms with E-state index in [1.807, 2.05) is 12.1 Å². The summed E-state index contributed by atoms with van der Waals surface area (Å²) in [6.45, 7) is 2.08. The van der Waals surface area contributed by atoms with Gasteiger partial charge in [0.05, 0.1) is 11.0 Å². The number of fused-ring (bicyclic) bond motifs is 1. The number of aryl methyl sites for hydroxylation is 1. The van der Waals surface area contributed by atoms with Crippen LogP contribution < -0.4 is 10.1 Å². The van der Waals surface area contributed by atoms with Crippen LogP contribution in [-0.4, -0.2) is 20.8 Å². The number of rotatable bonds is 5. The minimum absolute atomic E-state index is 0.209. The predicted octanol–water partition coefficient (Wildman–Crippen LogP) is 6.05. The average molecular weight is 411 g/mol. The number of anilines is 1. The number of nitrogens with one attached hydrogen (secondary N) is 1. The number of carbonyl (C=O) groups is 1. The summed E-state index contributed by atoms with van der Waals surface area (Å²) in [6, 6.07) is 10.8. The van der Waals surface area contributed by atoms with Gasteiger partial charge in [-0.15, -0.1) is 0 Å². The highest BCUT2D eigenvalue weighted by atomic mass is 19.1. The second-order valence-electron chi connectivity index (χ2n) is 7.87. The molecule has 1 aromatic heterocycles. The molecule has 1 saturated carbocycles. The van der Waals surface area contributed by atoms with E-state index in [-0.39, 0.29) is 11.6 Å². The summed E-state index contributed by atoms with van der Waals surface area (Å²) in [4.78, 5) is 15.6. The van der Waals surface area contributed by atoms with Gasteiger partial charge >= 0.3 is 6.16 Å². The molecular formula is C23H26FN3O3. The van der Waals surface area contributed by atoms with Crippen LogP contribution in [0.1, 0.15) is 55.7 Å². The predicted molar refractivity (Wildman–Crippen MR) is 114 cm³/mol. The Balaban J connectivity index is 1.70. The van der Waals surface area contributed by atoms with Crippen molar-refractivity contribution in [1.29, 1.82) is 0 Å². The third kappa shape index (κ3) is 4.25. The molecule has 4 rings (SSSR count). The van der Waals surface area contributed by atoms with E-state index in [1.165, 1.54) is 12.8 Å². The van der Waals surface area contributed by atoms with E-state index in [2.05, 4.69) is 9.88 Å². The van der Waals surface area contributed by atoms with Crippen LogP contribution in [0.25, 0.3) is 11.0 Å². The van der Waals surface area contributed by atoms with E-state index in [0.29, 0.717) is 35.2 Å². The fourth-order valence-electron chi connectivity index (χ4n) is 4.27. The molecule has 1 fully saturated rings. The number of nitrogens with zero attached hydrogens (tertiary/aromatic N) is 2. The molecule has 0 aliphatic heterocycles. The van der Waals surface area contributed by atoms with Gasteiger partial charge in [-0.05, 0) is 37.5 Å². The third-order valence-corrected chi connectivity index (χ3v) is 5.76. The minimum atomic E-state index is -1.36. The summed E-state index contributed by atoms with van der Waals surface area (Å²) in [5.41, 5.74) is 2.78. The quantitative estimate of drug-likeness (QED) is 0.304. The van der Waals surface area contributed by atoms with Crippen molar-refractivity contribution < 1.29 is 19.0 Å². The first-order valence-electron chi connectivity index (χ1n) is 10.4. The molecule has 0 amide bonds. The van der Waals surface area contributed by atoms with Gasteiger partial charge in [0.2, 0.25) is 5.95 Å². The van der Waals surface area contributed by atoms with Crippen molar-refractivity contribution in [1.82, 2.24) is 9.55 Å². The fraction of sp³-hybridized carbons (Fsp3) is 0.391. The number of halogens is 1. The number of aromatic nitrogens is 2. The first-order valence-corrected chi connectivity index (χ1v) is 10.4. The lowest BCUT2D eigenvalue weighted by Crippen LogP contribution is -2.14. The standard InChI is InChI=1S/C23H26FN3O3/c1-15-7-6-8-16(21(15)24)14-25-22-26-19-13-18(30-23(28)29)11-12-20(19)27(22)17-9-4-2-3-5-10-17/h6-8,11-13,17H,2-5,9-10,14H2,1H3,(H,25,26)(H,28,29). The van der Waals surface area contributed by atoms with Crippen LogP contribution in [0.4, 0.5) is 15.1 Å². The van der Waals surface area contributed by atoms with E-state index in [4.69, 9.17) is 14.8 Å². The van der Waals surface area contributed by atoms with Crippen LogP contribution in [0.2, 0.25) is 0 Å². The van der Waals surface area contributed by atoms with Gasteiger partial charge in [-0.2, -0.15) is 0 Å². The zero-order valence-corrected chi connectivity index (χ0v) is 17.0. The van der Waals surface area contributed by atoms with Crippen molar-refractivity contribution in [3.05, 3.63) is 53.3 Å². The maximum Gasteiger partial charge on any atom is 0.511 e. The van der Waals surface area contributed by atoms with Crippen LogP contribution in [0.15, 0.2) is 36.4 Å². The van der Waals surface area contributed by atoms with Crippen LogP contribution in [-0.2, 0) is 6.54 Å². The molecule has 0 radical (unpaired) electrons. The summed E-state index contributed by atoms with van der Waals surface area (Å²) in [6.07, 6.45) is 5.56. The van der Waals surface area contributed by atoms with Crippen molar-refractivity contribution in [2.45, 2.75) is 58.0 Å². The van der Waals surface area contributed by atoms with Crippen molar-refractivity contribution >= 4 is 23.1 Å². The molecule has 1 heterocycles. The average Bonchev–Trinajstić information content (AvgIpc) is 2.87. The Kier molecular flexibility index (Phi) is 5.88. The summed E-state index contributed by atoms with van der Waals surface area (Å²) >= 11 is 0. The summed E-state index contributed by atoms with van der Waals surface area (Å²) < 4.78 is 21.4. The molecule has 0 saturated heterocycles. The smallest absolute Gasteiger partial charge is 0.449 e. The van der Waals surface area contributed by atoms with Crippen LogP contribution in [0.3, 0.4) is 0 Å². The van der Waals surface area contributed by atoms with Gasteiger partial charge in [0.25, 0.3) is 0 Å². The molecule has 0 spiro atoms. The molecule has 1 aliphatic carbocycles. The van der Waals surface area contributed by atoms with Crippen molar-refractivity contribution in [3.63, 3.8) is 0 Å². The number of hydrogen-bond donors (Lipinski definition) is 2. The molecule has 0 bridgehead atoms. The van der Waals surface area contributed by atoms with E-state index >= 15 is 0 Å². The Morgan fingerprint density at radius 1 is 1.23 bits per heavy atom. The Bertz CT molecular complexity index is 1060. The minimum Gasteiger partial charge on any atom is -0.449 e. The second kappa shape index (κ2) is 8.73. The number of hydrogen-bond acceptors (Lipinski definition) is 4. The molecule has 2 aromatic carbocycles. The van der Waals surface area contributed by atoms with Crippen LogP contribution >= 0.6 is 0 Å². The lowest BCUT2D eigenvalue weighted by molar-refractivity contribution is 0.144. The van der Waals surface area contributed by atoms with Gasteiger partial charge in [-0.3, -0.25) is 0 Å². The first kappa shape index (κ1) is 20.2. The molecule has 0 atom stereocenters. The molecule has 3 aromatic rings. The van der Waals surface area contributed by atoms with Crippen molar-refractivity contribution in [2.75, 3.05) is 5.32 Å². The van der Waals surface area contributed by atoms with E-state index in [0.717, 1.165) is 31.2 Å². The van der Waals surface area contributed by atoms with Crippen molar-refractivity contribution in [3.8, 4) is 5.75 Å². The maximum atomic E-state index is 14.5. The normalized spacial score (nSPS) is 15.1. The third-order valence-electron chi connectivity index (χ3n) is 5.76. The molecule has 2 N–H and O–H groups in total. The molecule has 7 heteroatoms. The Morgan fingerprint density at radius 2 is 2.00 bits per heavy atom. The van der Waals surface area contributed by atoms with Gasteiger partial charge in [-0.1, -0.05) is 43.9 Å². The van der Waals surface area contributed by atoms with Gasteiger partial charge in [0.1, 0.15) is 11.6 Å². The fourth-order valence-corrected chi connectivity index (χ4v) is 4.27. The van der Waals surface area contributed by atoms with Gasteiger partial charge in [0.15, 0.2) is 0 Å². The monoisotopic (exact) mass is 411 g/mol. The SMILES string of the molecule is Cc1cccc(CNc2nc3cc(OC(=O)O)ccc3n2C2CCCCCC2)c1F. The maximum absolute atomic E-state index is 14.5. The van der Waals surface area contributed by atoms with Crippen LogP contribution in [0.5, 0.6) is 5.75 Å². The zero-order chi connectivity index (χ0) is 21.1. The van der Waals surface area contributed by atoms with Crippen molar-refractivity contribution in [2.24, 2.45) is 0 Å². The lowest BCUT2D eigenvalue weighted by atomic mass is 10.1. The zero-order valence-electron chi connectivity index (χ0n) is 17.0. The largest absolute Gasteiger partial charge is 0.511 e. The topological polar surface area (TPSA) is 76.4 Å². The summed E-state index contributed by atoms with van der Waals surface area (Å²) in [5.74, 6) is 0.696. The highest BCUT2D eigenvalue weighted by molar-refractivity contribution is 5.81. The number of carboxylic acid groups (broad SMARTS) is 1. The molecule has 6 nitrogen and oxygen atoms in total. The van der Waals surface area contributed by atoms with E-state index < -0.39 is 6.16 Å². The van der Waals surface area contributed by atoms with Crippen LogP contribution in [0, 0.1) is 12.7 Å². The Labute approximate surface area is 174 Å². The molecule has 0 unspecified atom stereocenters. The molecular weight excluding hydrogens is 385 g/mol. The van der Waals surface area contributed by atoms with E-state index in [9.17, 15) is 9.18 Å². The van der Waals surface area contributed by atoms with E-state index in [1.54, 1.807) is 31.2 Å². The summed E-state index contributed by atoms with van der Waals surface area (Å²) in [7, 11) is 0. The van der Waals surface area contributed by atoms with Gasteiger partial charge in [0, 0.05) is 24.2 Å². The van der Waals surface area contributed by atoms with Gasteiger partial charge in [-0.25, -0.2) is 14.2 Å². The number of imidazole rings is 1. The number of ether oxygens (including phenoxy) is 1. The number of benzene rings is 2. The molecule has 1 aliphatic rings. The Morgan fingerprint density at radius 3 is 2.73 bits per heavy atom.